The molecule has 0 bridgehead atoms. The van der Waals surface area contributed by atoms with Crippen molar-refractivity contribution in [3.8, 4) is 0 Å². The molecular weight excluding hydrogens is 394 g/mol. The second-order valence-corrected chi connectivity index (χ2v) is 9.08. The lowest BCUT2D eigenvalue weighted by molar-refractivity contribution is -0.113. The first-order chi connectivity index (χ1) is 14.5. The van der Waals surface area contributed by atoms with Gasteiger partial charge in [0.1, 0.15) is 0 Å². The lowest BCUT2D eigenvalue weighted by Gasteiger charge is -2.18. The van der Waals surface area contributed by atoms with Gasteiger partial charge in [-0.15, -0.1) is 0 Å². The monoisotopic (exact) mass is 421 g/mol. The average molecular weight is 422 g/mol. The highest BCUT2D eigenvalue weighted by atomic mass is 32.2. The summed E-state index contributed by atoms with van der Waals surface area (Å²) in [5.41, 5.74) is 2.71. The number of hydrogen-bond acceptors (Lipinski definition) is 4. The highest BCUT2D eigenvalue weighted by Gasteiger charge is 2.23. The summed E-state index contributed by atoms with van der Waals surface area (Å²) in [5.74, 6) is 0.568. The summed E-state index contributed by atoms with van der Waals surface area (Å²) in [6.45, 7) is 4.29. The molecule has 1 aliphatic rings. The van der Waals surface area contributed by atoms with Crippen LogP contribution in [0, 0.1) is 0 Å². The van der Waals surface area contributed by atoms with Gasteiger partial charge in [0.05, 0.1) is 16.7 Å². The standard InChI is InChI=1S/C24H27N3O2S/c1-16(2)17-11-13-18(14-12-17)25-22(28)15-30-24-26-21-10-6-5-9-20(21)23(29)27(24)19-7-3-4-8-19/h5-6,9-14,16,19H,3-4,7-8,15H2,1-2H3,(H,25,28). The molecule has 1 heterocycles. The smallest absolute Gasteiger partial charge is 0.262 e. The third-order valence-corrected chi connectivity index (χ3v) is 6.61. The van der Waals surface area contributed by atoms with E-state index in [2.05, 4.69) is 19.2 Å². The maximum atomic E-state index is 13.2. The highest BCUT2D eigenvalue weighted by molar-refractivity contribution is 7.99. The molecule has 0 aliphatic heterocycles. The summed E-state index contributed by atoms with van der Waals surface area (Å²) < 4.78 is 1.82. The molecule has 0 spiro atoms. The van der Waals surface area contributed by atoms with Gasteiger partial charge >= 0.3 is 0 Å². The van der Waals surface area contributed by atoms with Crippen molar-refractivity contribution in [2.45, 2.75) is 56.6 Å². The molecule has 0 atom stereocenters. The van der Waals surface area contributed by atoms with E-state index in [1.807, 2.05) is 53.1 Å². The Morgan fingerprint density at radius 3 is 2.53 bits per heavy atom. The molecule has 3 aromatic rings. The molecule has 1 aromatic heterocycles. The summed E-state index contributed by atoms with van der Waals surface area (Å²) in [4.78, 5) is 30.4. The van der Waals surface area contributed by atoms with E-state index in [-0.39, 0.29) is 23.3 Å². The first-order valence-corrected chi connectivity index (χ1v) is 11.6. The molecule has 1 amide bonds. The minimum absolute atomic E-state index is 0.000294. The number of hydrogen-bond donors (Lipinski definition) is 1. The first kappa shape index (κ1) is 20.7. The molecule has 30 heavy (non-hydrogen) atoms. The summed E-state index contributed by atoms with van der Waals surface area (Å²) >= 11 is 1.34. The van der Waals surface area contributed by atoms with Crippen molar-refractivity contribution in [1.82, 2.24) is 9.55 Å². The van der Waals surface area contributed by atoms with E-state index in [1.165, 1.54) is 17.3 Å². The van der Waals surface area contributed by atoms with Crippen LogP contribution in [0.2, 0.25) is 0 Å². The third kappa shape index (κ3) is 4.43. The third-order valence-electron chi connectivity index (χ3n) is 5.66. The maximum absolute atomic E-state index is 13.2. The fraction of sp³-hybridized carbons (Fsp3) is 0.375. The number of fused-ring (bicyclic) bond motifs is 1. The Hall–Kier alpha value is -2.60. The quantitative estimate of drug-likeness (QED) is 0.429. The molecule has 1 aliphatic carbocycles. The van der Waals surface area contributed by atoms with Gasteiger partial charge in [-0.3, -0.25) is 14.2 Å². The Kier molecular flexibility index (Phi) is 6.23. The van der Waals surface area contributed by atoms with E-state index in [1.54, 1.807) is 0 Å². The SMILES string of the molecule is CC(C)c1ccc(NC(=O)CSc2nc3ccccc3c(=O)n2C2CCCC2)cc1. The predicted octanol–water partition coefficient (Wildman–Crippen LogP) is 5.37. The minimum atomic E-state index is -0.0994. The highest BCUT2D eigenvalue weighted by Crippen LogP contribution is 2.32. The van der Waals surface area contributed by atoms with Gasteiger partial charge in [0, 0.05) is 11.7 Å². The first-order valence-electron chi connectivity index (χ1n) is 10.6. The van der Waals surface area contributed by atoms with Gasteiger partial charge in [-0.2, -0.15) is 0 Å². The Balaban J connectivity index is 1.53. The van der Waals surface area contributed by atoms with Crippen LogP contribution in [0.1, 0.15) is 57.1 Å². The van der Waals surface area contributed by atoms with Gasteiger partial charge in [-0.05, 0) is 48.6 Å². The number of anilines is 1. The fourth-order valence-electron chi connectivity index (χ4n) is 3.99. The van der Waals surface area contributed by atoms with Gasteiger partial charge in [0.2, 0.25) is 5.91 Å². The molecule has 0 saturated heterocycles. The number of aromatic nitrogens is 2. The van der Waals surface area contributed by atoms with E-state index in [9.17, 15) is 9.59 Å². The number of carbonyl (C=O) groups is 1. The molecule has 1 fully saturated rings. The lowest BCUT2D eigenvalue weighted by atomic mass is 10.0. The molecule has 156 valence electrons. The van der Waals surface area contributed by atoms with Crippen molar-refractivity contribution < 1.29 is 4.79 Å². The van der Waals surface area contributed by atoms with E-state index in [4.69, 9.17) is 4.98 Å². The lowest BCUT2D eigenvalue weighted by Crippen LogP contribution is -2.27. The molecule has 0 radical (unpaired) electrons. The van der Waals surface area contributed by atoms with E-state index < -0.39 is 0 Å². The van der Waals surface area contributed by atoms with E-state index in [0.717, 1.165) is 31.4 Å². The largest absolute Gasteiger partial charge is 0.325 e. The number of amides is 1. The Morgan fingerprint density at radius 1 is 1.13 bits per heavy atom. The summed E-state index contributed by atoms with van der Waals surface area (Å²) in [7, 11) is 0. The molecule has 5 nitrogen and oxygen atoms in total. The van der Waals surface area contributed by atoms with Crippen LogP contribution in [0.25, 0.3) is 10.9 Å². The minimum Gasteiger partial charge on any atom is -0.325 e. The molecule has 1 N–H and O–H groups in total. The summed E-state index contributed by atoms with van der Waals surface area (Å²) in [6, 6.07) is 15.6. The van der Waals surface area contributed by atoms with Gasteiger partial charge in [-0.1, -0.05) is 62.7 Å². The van der Waals surface area contributed by atoms with Gasteiger partial charge in [-0.25, -0.2) is 4.98 Å². The Labute approximate surface area is 180 Å². The Morgan fingerprint density at radius 2 is 1.83 bits per heavy atom. The van der Waals surface area contributed by atoms with E-state index >= 15 is 0 Å². The van der Waals surface area contributed by atoms with Crippen LogP contribution in [0.3, 0.4) is 0 Å². The number of nitrogens with one attached hydrogen (secondary N) is 1. The number of rotatable bonds is 6. The molecule has 4 rings (SSSR count). The van der Waals surface area contributed by atoms with Crippen LogP contribution in [0.5, 0.6) is 0 Å². The summed E-state index contributed by atoms with van der Waals surface area (Å²) in [5, 5.41) is 4.22. The van der Waals surface area contributed by atoms with Gasteiger partial charge in [0.15, 0.2) is 5.16 Å². The second kappa shape index (κ2) is 9.04. The zero-order valence-corrected chi connectivity index (χ0v) is 18.2. The summed E-state index contributed by atoms with van der Waals surface area (Å²) in [6.07, 6.45) is 4.23. The topological polar surface area (TPSA) is 64.0 Å². The molecule has 2 aromatic carbocycles. The van der Waals surface area contributed by atoms with E-state index in [0.29, 0.717) is 22.0 Å². The van der Waals surface area contributed by atoms with Gasteiger partial charge in [0.25, 0.3) is 5.56 Å². The van der Waals surface area contributed by atoms with Crippen LogP contribution >= 0.6 is 11.8 Å². The van der Waals surface area contributed by atoms with Crippen LogP contribution in [-0.2, 0) is 4.79 Å². The normalized spacial score (nSPS) is 14.5. The van der Waals surface area contributed by atoms with Crippen LogP contribution in [0.4, 0.5) is 5.69 Å². The molecule has 1 saturated carbocycles. The number of carbonyl (C=O) groups excluding carboxylic acids is 1. The van der Waals surface area contributed by atoms with Crippen LogP contribution in [-0.4, -0.2) is 21.2 Å². The predicted molar refractivity (Wildman–Crippen MR) is 123 cm³/mol. The number of para-hydroxylation sites is 1. The van der Waals surface area contributed by atoms with Crippen molar-refractivity contribution in [3.63, 3.8) is 0 Å². The van der Waals surface area contributed by atoms with Crippen molar-refractivity contribution >= 4 is 34.3 Å². The van der Waals surface area contributed by atoms with Crippen molar-refractivity contribution in [2.24, 2.45) is 0 Å². The molecular formula is C24H27N3O2S. The average Bonchev–Trinajstić information content (AvgIpc) is 3.27. The zero-order valence-electron chi connectivity index (χ0n) is 17.4. The van der Waals surface area contributed by atoms with Crippen molar-refractivity contribution in [2.75, 3.05) is 11.1 Å². The van der Waals surface area contributed by atoms with Gasteiger partial charge < -0.3 is 5.32 Å². The number of thioether (sulfide) groups is 1. The van der Waals surface area contributed by atoms with Crippen molar-refractivity contribution in [3.05, 3.63) is 64.4 Å². The van der Waals surface area contributed by atoms with Crippen molar-refractivity contribution in [1.29, 1.82) is 0 Å². The fourth-order valence-corrected chi connectivity index (χ4v) is 4.86. The zero-order chi connectivity index (χ0) is 21.1. The Bertz CT molecular complexity index is 1100. The number of nitrogens with zero attached hydrogens (tertiary/aromatic N) is 2. The van der Waals surface area contributed by atoms with Crippen LogP contribution < -0.4 is 10.9 Å². The van der Waals surface area contributed by atoms with Crippen LogP contribution in [0.15, 0.2) is 58.5 Å². The molecule has 0 unspecified atom stereocenters. The second-order valence-electron chi connectivity index (χ2n) is 8.14. The number of benzene rings is 2. The maximum Gasteiger partial charge on any atom is 0.262 e. The molecule has 6 heteroatoms.